The lowest BCUT2D eigenvalue weighted by Crippen LogP contribution is -2.29. The molecule has 0 saturated carbocycles. The Morgan fingerprint density at radius 2 is 1.68 bits per heavy atom. The quantitative estimate of drug-likeness (QED) is 0.645. The number of fused-ring (bicyclic) bond motifs is 2. The highest BCUT2D eigenvalue weighted by molar-refractivity contribution is 6.36. The molecule has 4 rings (SSSR count). The number of anilines is 1. The maximum atomic E-state index is 12.7. The average Bonchev–Trinajstić information content (AvgIpc) is 2.79. The fourth-order valence-corrected chi connectivity index (χ4v) is 2.94. The summed E-state index contributed by atoms with van der Waals surface area (Å²) < 4.78 is 0. The molecule has 0 fully saturated rings. The van der Waals surface area contributed by atoms with Crippen LogP contribution in [0, 0.1) is 6.92 Å². The van der Waals surface area contributed by atoms with E-state index in [4.69, 9.17) is 0 Å². The Kier molecular flexibility index (Phi) is 2.60. The number of amides is 2. The van der Waals surface area contributed by atoms with Crippen molar-refractivity contribution in [1.29, 1.82) is 0 Å². The minimum atomic E-state index is -0.290. The van der Waals surface area contributed by atoms with Crippen LogP contribution in [0.3, 0.4) is 0 Å². The minimum Gasteiger partial charge on any atom is -0.268 e. The Balaban J connectivity index is 1.96. The predicted molar refractivity (Wildman–Crippen MR) is 84.1 cm³/mol. The number of nitrogens with zero attached hydrogens (tertiary/aromatic N) is 2. The Hall–Kier alpha value is -3.01. The SMILES string of the molecule is Cc1cccc2c1C(=O)N(c1cccc3cccnc13)C2=O. The minimum absolute atomic E-state index is 0.281. The summed E-state index contributed by atoms with van der Waals surface area (Å²) in [4.78, 5) is 31.0. The van der Waals surface area contributed by atoms with E-state index in [-0.39, 0.29) is 11.8 Å². The first-order valence-corrected chi connectivity index (χ1v) is 7.00. The molecular formula is C18H12N2O2. The van der Waals surface area contributed by atoms with Gasteiger partial charge < -0.3 is 0 Å². The van der Waals surface area contributed by atoms with Gasteiger partial charge in [0.2, 0.25) is 0 Å². The molecule has 0 spiro atoms. The first kappa shape index (κ1) is 12.7. The second kappa shape index (κ2) is 4.49. The molecule has 2 aromatic carbocycles. The van der Waals surface area contributed by atoms with Gasteiger partial charge in [-0.15, -0.1) is 0 Å². The highest BCUT2D eigenvalue weighted by Gasteiger charge is 2.38. The number of hydrogen-bond donors (Lipinski definition) is 0. The number of imide groups is 1. The summed E-state index contributed by atoms with van der Waals surface area (Å²) in [6.45, 7) is 1.84. The molecule has 0 unspecified atom stereocenters. The zero-order valence-electron chi connectivity index (χ0n) is 11.9. The van der Waals surface area contributed by atoms with Gasteiger partial charge in [-0.05, 0) is 30.7 Å². The van der Waals surface area contributed by atoms with Gasteiger partial charge in [0.15, 0.2) is 0 Å². The van der Waals surface area contributed by atoms with E-state index in [1.807, 2.05) is 37.3 Å². The third kappa shape index (κ3) is 1.61. The summed E-state index contributed by atoms with van der Waals surface area (Å²) in [5.41, 5.74) is 2.94. The van der Waals surface area contributed by atoms with E-state index in [0.29, 0.717) is 22.3 Å². The Morgan fingerprint density at radius 3 is 2.50 bits per heavy atom. The predicted octanol–water partition coefficient (Wildman–Crippen LogP) is 3.34. The van der Waals surface area contributed by atoms with Gasteiger partial charge in [0.1, 0.15) is 0 Å². The molecule has 1 aliphatic rings. The molecule has 4 nitrogen and oxygen atoms in total. The topological polar surface area (TPSA) is 50.3 Å². The molecule has 1 aromatic heterocycles. The molecular weight excluding hydrogens is 276 g/mol. The van der Waals surface area contributed by atoms with Crippen LogP contribution in [0.1, 0.15) is 26.3 Å². The molecule has 106 valence electrons. The number of carbonyl (C=O) groups is 2. The van der Waals surface area contributed by atoms with E-state index < -0.39 is 0 Å². The molecule has 0 saturated heterocycles. The van der Waals surface area contributed by atoms with Gasteiger partial charge in [0.25, 0.3) is 11.8 Å². The summed E-state index contributed by atoms with van der Waals surface area (Å²) in [6, 6.07) is 14.6. The molecule has 3 aromatic rings. The highest BCUT2D eigenvalue weighted by atomic mass is 16.2. The van der Waals surface area contributed by atoms with Crippen LogP contribution >= 0.6 is 0 Å². The zero-order valence-corrected chi connectivity index (χ0v) is 11.9. The average molecular weight is 288 g/mol. The smallest absolute Gasteiger partial charge is 0.266 e. The number of aromatic nitrogens is 1. The molecule has 0 radical (unpaired) electrons. The normalized spacial score (nSPS) is 13.8. The lowest BCUT2D eigenvalue weighted by Gasteiger charge is -2.15. The van der Waals surface area contributed by atoms with Crippen molar-refractivity contribution < 1.29 is 9.59 Å². The third-order valence-electron chi connectivity index (χ3n) is 3.98. The van der Waals surface area contributed by atoms with Gasteiger partial charge in [-0.1, -0.05) is 30.3 Å². The number of carbonyl (C=O) groups excluding carboxylic acids is 2. The first-order chi connectivity index (χ1) is 10.7. The number of rotatable bonds is 1. The zero-order chi connectivity index (χ0) is 15.3. The van der Waals surface area contributed by atoms with Gasteiger partial charge >= 0.3 is 0 Å². The molecule has 0 aliphatic carbocycles. The number of aryl methyl sites for hydroxylation is 1. The maximum Gasteiger partial charge on any atom is 0.266 e. The van der Waals surface area contributed by atoms with Gasteiger partial charge in [-0.3, -0.25) is 14.6 Å². The number of benzene rings is 2. The fraction of sp³-hybridized carbons (Fsp3) is 0.0556. The summed E-state index contributed by atoms with van der Waals surface area (Å²) in [5, 5.41) is 0.897. The largest absolute Gasteiger partial charge is 0.268 e. The third-order valence-corrected chi connectivity index (χ3v) is 3.98. The van der Waals surface area contributed by atoms with Crippen molar-refractivity contribution in [3.05, 3.63) is 71.4 Å². The van der Waals surface area contributed by atoms with Crippen LogP contribution < -0.4 is 4.90 Å². The number of para-hydroxylation sites is 1. The van der Waals surface area contributed by atoms with E-state index in [1.54, 1.807) is 24.4 Å². The molecule has 4 heteroatoms. The van der Waals surface area contributed by atoms with E-state index in [9.17, 15) is 9.59 Å². The molecule has 22 heavy (non-hydrogen) atoms. The number of hydrogen-bond acceptors (Lipinski definition) is 3. The van der Waals surface area contributed by atoms with Crippen LogP contribution in [-0.2, 0) is 0 Å². The van der Waals surface area contributed by atoms with Gasteiger partial charge in [-0.2, -0.15) is 0 Å². The van der Waals surface area contributed by atoms with Crippen LogP contribution in [0.4, 0.5) is 5.69 Å². The maximum absolute atomic E-state index is 12.7. The first-order valence-electron chi connectivity index (χ1n) is 7.00. The lowest BCUT2D eigenvalue weighted by molar-refractivity contribution is 0.0926. The van der Waals surface area contributed by atoms with Crippen molar-refractivity contribution in [3.63, 3.8) is 0 Å². The van der Waals surface area contributed by atoms with Crippen LogP contribution in [-0.4, -0.2) is 16.8 Å². The molecule has 1 aliphatic heterocycles. The summed E-state index contributed by atoms with van der Waals surface area (Å²) in [5.74, 6) is -0.571. The van der Waals surface area contributed by atoms with Crippen molar-refractivity contribution in [3.8, 4) is 0 Å². The lowest BCUT2D eigenvalue weighted by atomic mass is 10.0. The van der Waals surface area contributed by atoms with E-state index in [2.05, 4.69) is 4.98 Å². The van der Waals surface area contributed by atoms with Crippen LogP contribution in [0.15, 0.2) is 54.7 Å². The Bertz CT molecular complexity index is 941. The van der Waals surface area contributed by atoms with Crippen LogP contribution in [0.5, 0.6) is 0 Å². The molecule has 0 atom stereocenters. The fourth-order valence-electron chi connectivity index (χ4n) is 2.94. The van der Waals surface area contributed by atoms with Gasteiger partial charge in [0, 0.05) is 11.6 Å². The molecule has 2 heterocycles. The van der Waals surface area contributed by atoms with E-state index in [1.165, 1.54) is 4.90 Å². The second-order valence-corrected chi connectivity index (χ2v) is 5.30. The van der Waals surface area contributed by atoms with Gasteiger partial charge in [-0.25, -0.2) is 4.90 Å². The molecule has 0 bridgehead atoms. The summed E-state index contributed by atoms with van der Waals surface area (Å²) >= 11 is 0. The van der Waals surface area contributed by atoms with E-state index >= 15 is 0 Å². The molecule has 0 N–H and O–H groups in total. The summed E-state index contributed by atoms with van der Waals surface area (Å²) in [6.07, 6.45) is 1.66. The van der Waals surface area contributed by atoms with Gasteiger partial charge in [0.05, 0.1) is 22.3 Å². The number of pyridine rings is 1. The monoisotopic (exact) mass is 288 g/mol. The standard InChI is InChI=1S/C18H12N2O2/c1-11-5-2-8-13-15(11)18(22)20(17(13)21)14-9-3-6-12-7-4-10-19-16(12)14/h2-10H,1H3. The van der Waals surface area contributed by atoms with Crippen molar-refractivity contribution in [2.75, 3.05) is 4.90 Å². The van der Waals surface area contributed by atoms with Crippen LogP contribution in [0.2, 0.25) is 0 Å². The second-order valence-electron chi connectivity index (χ2n) is 5.30. The Morgan fingerprint density at radius 1 is 0.909 bits per heavy atom. The van der Waals surface area contributed by atoms with Crippen molar-refractivity contribution in [1.82, 2.24) is 4.98 Å². The van der Waals surface area contributed by atoms with Crippen molar-refractivity contribution in [2.45, 2.75) is 6.92 Å². The van der Waals surface area contributed by atoms with Crippen molar-refractivity contribution >= 4 is 28.4 Å². The Labute approximate surface area is 127 Å². The highest BCUT2D eigenvalue weighted by Crippen LogP contribution is 2.33. The van der Waals surface area contributed by atoms with Crippen molar-refractivity contribution in [2.24, 2.45) is 0 Å². The van der Waals surface area contributed by atoms with E-state index in [0.717, 1.165) is 10.9 Å². The molecule has 2 amide bonds. The summed E-state index contributed by atoms with van der Waals surface area (Å²) in [7, 11) is 0. The van der Waals surface area contributed by atoms with Crippen LogP contribution in [0.25, 0.3) is 10.9 Å².